The Bertz CT molecular complexity index is 864. The van der Waals surface area contributed by atoms with Crippen molar-refractivity contribution < 1.29 is 23.9 Å². The molecule has 0 saturated heterocycles. The number of fused-ring (bicyclic) bond motifs is 1. The molecule has 10 heteroatoms. The molecule has 3 N–H and O–H groups in total. The summed E-state index contributed by atoms with van der Waals surface area (Å²) in [5, 5.41) is 3.22. The SMILES string of the molecule is COC(=O)C1CCC(N)(C(=O)OC(C)(C)C)C(NC(=O)c2nc3c(s2)CN(C)CC3)C1. The summed E-state index contributed by atoms with van der Waals surface area (Å²) in [6.07, 6.45) is 1.57. The van der Waals surface area contributed by atoms with Crippen molar-refractivity contribution >= 4 is 29.2 Å². The third-order valence-corrected chi connectivity index (χ3v) is 6.86. The highest BCUT2D eigenvalue weighted by atomic mass is 32.1. The fourth-order valence-corrected chi connectivity index (χ4v) is 5.12. The van der Waals surface area contributed by atoms with Crippen LogP contribution in [0.1, 0.15) is 60.4 Å². The first-order chi connectivity index (χ1) is 14.4. The van der Waals surface area contributed by atoms with Gasteiger partial charge in [0.15, 0.2) is 5.01 Å². The van der Waals surface area contributed by atoms with Crippen LogP contribution in [0.5, 0.6) is 0 Å². The van der Waals surface area contributed by atoms with Crippen molar-refractivity contribution in [2.24, 2.45) is 11.7 Å². The van der Waals surface area contributed by atoms with Gasteiger partial charge in [-0.05, 0) is 47.1 Å². The minimum Gasteiger partial charge on any atom is -0.469 e. The predicted octanol–water partition coefficient (Wildman–Crippen LogP) is 1.24. The summed E-state index contributed by atoms with van der Waals surface area (Å²) in [5.74, 6) is -1.81. The average molecular weight is 453 g/mol. The van der Waals surface area contributed by atoms with Crippen LogP contribution in [0.25, 0.3) is 0 Å². The lowest BCUT2D eigenvalue weighted by molar-refractivity contribution is -0.166. The van der Waals surface area contributed by atoms with Gasteiger partial charge in [0.05, 0.1) is 24.8 Å². The summed E-state index contributed by atoms with van der Waals surface area (Å²) in [6.45, 7) is 6.94. The Balaban J connectivity index is 1.82. The average Bonchev–Trinajstić information content (AvgIpc) is 3.11. The third-order valence-electron chi connectivity index (χ3n) is 5.78. The number of amides is 1. The Kier molecular flexibility index (Phi) is 6.73. The van der Waals surface area contributed by atoms with Crippen molar-refractivity contribution in [3.63, 3.8) is 0 Å². The zero-order valence-electron chi connectivity index (χ0n) is 18.8. The van der Waals surface area contributed by atoms with Crippen molar-refractivity contribution in [1.29, 1.82) is 0 Å². The molecule has 9 nitrogen and oxygen atoms in total. The number of nitrogens with two attached hydrogens (primary N) is 1. The highest BCUT2D eigenvalue weighted by Crippen LogP contribution is 2.34. The van der Waals surface area contributed by atoms with Crippen LogP contribution in [0, 0.1) is 5.92 Å². The number of thiazole rings is 1. The zero-order chi connectivity index (χ0) is 23.0. The van der Waals surface area contributed by atoms with Crippen LogP contribution in [0.4, 0.5) is 0 Å². The molecule has 2 heterocycles. The molecule has 1 aliphatic carbocycles. The smallest absolute Gasteiger partial charge is 0.328 e. The van der Waals surface area contributed by atoms with Gasteiger partial charge in [-0.2, -0.15) is 0 Å². The summed E-state index contributed by atoms with van der Waals surface area (Å²) in [5.41, 5.74) is 5.31. The summed E-state index contributed by atoms with van der Waals surface area (Å²) in [4.78, 5) is 45.9. The molecular weight excluding hydrogens is 420 g/mol. The van der Waals surface area contributed by atoms with Crippen LogP contribution in [0.15, 0.2) is 0 Å². The lowest BCUT2D eigenvalue weighted by atomic mass is 9.73. The van der Waals surface area contributed by atoms with Gasteiger partial charge in [0.1, 0.15) is 11.1 Å². The topological polar surface area (TPSA) is 124 Å². The van der Waals surface area contributed by atoms with E-state index in [0.29, 0.717) is 11.4 Å². The number of likely N-dealkylation sites (N-methyl/N-ethyl adjacent to an activating group) is 1. The highest BCUT2D eigenvalue weighted by Gasteiger charge is 2.51. The third kappa shape index (κ3) is 5.24. The first-order valence-electron chi connectivity index (χ1n) is 10.5. The second kappa shape index (κ2) is 8.84. The van der Waals surface area contributed by atoms with E-state index in [-0.39, 0.29) is 18.8 Å². The number of carbonyl (C=O) groups is 3. The number of aromatic nitrogens is 1. The van der Waals surface area contributed by atoms with Crippen molar-refractivity contribution in [1.82, 2.24) is 15.2 Å². The van der Waals surface area contributed by atoms with Crippen LogP contribution in [-0.4, -0.2) is 65.6 Å². The Morgan fingerprint density at radius 3 is 2.68 bits per heavy atom. The molecule has 1 aromatic heterocycles. The molecule has 1 aliphatic heterocycles. The first kappa shape index (κ1) is 23.6. The minimum atomic E-state index is -1.44. The van der Waals surface area contributed by atoms with Gasteiger partial charge in [-0.1, -0.05) is 0 Å². The largest absolute Gasteiger partial charge is 0.469 e. The summed E-state index contributed by atoms with van der Waals surface area (Å²) < 4.78 is 10.4. The maximum absolute atomic E-state index is 13.1. The number of rotatable bonds is 4. The van der Waals surface area contributed by atoms with E-state index in [1.54, 1.807) is 20.8 Å². The number of hydrogen-bond acceptors (Lipinski definition) is 9. The molecule has 1 amide bonds. The van der Waals surface area contributed by atoms with Crippen LogP contribution in [0.3, 0.4) is 0 Å². The van der Waals surface area contributed by atoms with Crippen LogP contribution >= 0.6 is 11.3 Å². The molecule has 172 valence electrons. The molecule has 0 bridgehead atoms. The number of hydrogen-bond donors (Lipinski definition) is 2. The maximum atomic E-state index is 13.1. The van der Waals surface area contributed by atoms with Crippen LogP contribution in [0.2, 0.25) is 0 Å². The van der Waals surface area contributed by atoms with Gasteiger partial charge in [0.25, 0.3) is 5.91 Å². The number of carbonyl (C=O) groups excluding carboxylic acids is 3. The van der Waals surface area contributed by atoms with Crippen LogP contribution < -0.4 is 11.1 Å². The molecule has 31 heavy (non-hydrogen) atoms. The van der Waals surface area contributed by atoms with Crippen molar-refractivity contribution in [2.45, 2.75) is 70.2 Å². The van der Waals surface area contributed by atoms with Gasteiger partial charge in [-0.15, -0.1) is 11.3 Å². The lowest BCUT2D eigenvalue weighted by Gasteiger charge is -2.42. The van der Waals surface area contributed by atoms with E-state index in [1.165, 1.54) is 18.4 Å². The number of esters is 2. The van der Waals surface area contributed by atoms with E-state index in [0.717, 1.165) is 30.1 Å². The monoisotopic (exact) mass is 452 g/mol. The maximum Gasteiger partial charge on any atom is 0.328 e. The van der Waals surface area contributed by atoms with Gasteiger partial charge < -0.3 is 25.4 Å². The van der Waals surface area contributed by atoms with Crippen molar-refractivity contribution in [3.05, 3.63) is 15.6 Å². The Morgan fingerprint density at radius 1 is 1.32 bits per heavy atom. The molecule has 1 fully saturated rings. The van der Waals surface area contributed by atoms with Gasteiger partial charge in [0.2, 0.25) is 0 Å². The van der Waals surface area contributed by atoms with Crippen molar-refractivity contribution in [3.8, 4) is 0 Å². The van der Waals surface area contributed by atoms with E-state index < -0.39 is 35.0 Å². The van der Waals surface area contributed by atoms with Gasteiger partial charge in [0, 0.05) is 24.4 Å². The Hall–Kier alpha value is -2.04. The predicted molar refractivity (Wildman–Crippen MR) is 116 cm³/mol. The molecule has 1 saturated carbocycles. The van der Waals surface area contributed by atoms with E-state index in [9.17, 15) is 14.4 Å². The highest BCUT2D eigenvalue weighted by molar-refractivity contribution is 7.13. The fraction of sp³-hybridized carbons (Fsp3) is 0.714. The second-order valence-corrected chi connectivity index (χ2v) is 10.5. The molecule has 2 aliphatic rings. The van der Waals surface area contributed by atoms with E-state index >= 15 is 0 Å². The van der Waals surface area contributed by atoms with E-state index in [2.05, 4.69) is 15.2 Å². The van der Waals surface area contributed by atoms with Crippen molar-refractivity contribution in [2.75, 3.05) is 20.7 Å². The number of nitrogens with zero attached hydrogens (tertiary/aromatic N) is 2. The fourth-order valence-electron chi connectivity index (χ4n) is 4.03. The molecule has 0 radical (unpaired) electrons. The first-order valence-corrected chi connectivity index (χ1v) is 11.3. The number of nitrogens with one attached hydrogen (secondary N) is 1. The molecular formula is C21H32N4O5S. The standard InChI is InChI=1S/C21H32N4O5S/c1-20(2,3)30-19(28)21(22)8-6-12(18(27)29-5)10-15(21)24-16(26)17-23-13-7-9-25(4)11-14(13)31-17/h12,15H,6-11,22H2,1-5H3,(H,24,26). The normalized spacial score (nSPS) is 26.6. The molecule has 1 aromatic rings. The molecule has 0 spiro atoms. The zero-order valence-corrected chi connectivity index (χ0v) is 19.6. The van der Waals surface area contributed by atoms with Gasteiger partial charge in [-0.25, -0.2) is 9.78 Å². The summed E-state index contributed by atoms with van der Waals surface area (Å²) >= 11 is 1.35. The van der Waals surface area contributed by atoms with E-state index in [1.807, 2.05) is 7.05 Å². The Morgan fingerprint density at radius 2 is 2.03 bits per heavy atom. The molecule has 3 atom stereocenters. The van der Waals surface area contributed by atoms with Gasteiger partial charge >= 0.3 is 11.9 Å². The summed E-state index contributed by atoms with van der Waals surface area (Å²) in [6, 6.07) is -0.781. The lowest BCUT2D eigenvalue weighted by Crippen LogP contribution is -2.67. The number of ether oxygens (including phenoxy) is 2. The quantitative estimate of drug-likeness (QED) is 0.654. The van der Waals surface area contributed by atoms with Crippen LogP contribution in [-0.2, 0) is 32.0 Å². The molecule has 0 aromatic carbocycles. The second-order valence-electron chi connectivity index (χ2n) is 9.44. The number of methoxy groups -OCH3 is 1. The minimum absolute atomic E-state index is 0.196. The van der Waals surface area contributed by atoms with E-state index in [4.69, 9.17) is 15.2 Å². The molecule has 3 unspecified atom stereocenters. The Labute approximate surface area is 186 Å². The molecule has 3 rings (SSSR count). The summed E-state index contributed by atoms with van der Waals surface area (Å²) in [7, 11) is 3.35. The van der Waals surface area contributed by atoms with Gasteiger partial charge in [-0.3, -0.25) is 9.59 Å².